The van der Waals surface area contributed by atoms with Crippen LogP contribution in [0.1, 0.15) is 0 Å². The van der Waals surface area contributed by atoms with E-state index in [1.165, 1.54) is 30.6 Å². The summed E-state index contributed by atoms with van der Waals surface area (Å²) >= 11 is 6.00. The summed E-state index contributed by atoms with van der Waals surface area (Å²) in [4.78, 5) is 16.2. The Morgan fingerprint density at radius 2 is 1.89 bits per heavy atom. The summed E-state index contributed by atoms with van der Waals surface area (Å²) in [5.74, 6) is -0.351. The third-order valence-corrected chi connectivity index (χ3v) is 2.79. The molecule has 3 aromatic rings. The topological polar surface area (TPSA) is 51.6 Å². The lowest BCUT2D eigenvalue weighted by Crippen LogP contribution is -2.05. The van der Waals surface area contributed by atoms with Crippen LogP contribution in [0.5, 0.6) is 0 Å². The molecule has 0 bridgehead atoms. The van der Waals surface area contributed by atoms with Gasteiger partial charge in [0.2, 0.25) is 0 Å². The molecule has 0 aliphatic heterocycles. The van der Waals surface area contributed by atoms with E-state index in [0.29, 0.717) is 16.6 Å². The molecule has 0 saturated carbocycles. The van der Waals surface area contributed by atoms with Crippen LogP contribution in [0.3, 0.4) is 0 Å². The van der Waals surface area contributed by atoms with E-state index in [1.807, 2.05) is 0 Å². The molecule has 0 aliphatic rings. The van der Waals surface area contributed by atoms with Crippen molar-refractivity contribution in [2.24, 2.45) is 0 Å². The van der Waals surface area contributed by atoms with E-state index in [0.717, 1.165) is 0 Å². The standard InChI is InChI=1S/C12H5BClFN4/c13-6-1-2-8(15)7(5-6)11-18-10(14)9-12(19-11)17-4-3-16-9/h1-5H. The maximum absolute atomic E-state index is 13.8. The number of benzene rings is 1. The molecule has 0 aliphatic carbocycles. The number of fused-ring (bicyclic) bond motifs is 1. The average molecular weight is 270 g/mol. The largest absolute Gasteiger partial charge is 0.248 e. The molecule has 0 atom stereocenters. The van der Waals surface area contributed by atoms with Gasteiger partial charge in [-0.3, -0.25) is 0 Å². The van der Waals surface area contributed by atoms with Crippen LogP contribution in [0.4, 0.5) is 4.39 Å². The molecule has 2 heterocycles. The molecule has 0 unspecified atom stereocenters. The molecule has 1 aromatic carbocycles. The molecule has 3 rings (SSSR count). The van der Waals surface area contributed by atoms with Gasteiger partial charge in [0, 0.05) is 12.4 Å². The quantitative estimate of drug-likeness (QED) is 0.498. The van der Waals surface area contributed by atoms with Crippen LogP contribution in [0.25, 0.3) is 22.6 Å². The van der Waals surface area contributed by atoms with Crippen molar-refractivity contribution in [3.63, 3.8) is 0 Å². The van der Waals surface area contributed by atoms with Gasteiger partial charge in [0.25, 0.3) is 0 Å². The van der Waals surface area contributed by atoms with E-state index in [2.05, 4.69) is 19.9 Å². The number of hydrogen-bond acceptors (Lipinski definition) is 4. The number of hydrogen-bond donors (Lipinski definition) is 0. The normalized spacial score (nSPS) is 10.8. The Morgan fingerprint density at radius 3 is 2.74 bits per heavy atom. The van der Waals surface area contributed by atoms with Gasteiger partial charge in [0.05, 0.1) is 5.56 Å². The second kappa shape index (κ2) is 4.55. The fourth-order valence-corrected chi connectivity index (χ4v) is 1.88. The molecule has 0 amide bonds. The van der Waals surface area contributed by atoms with Gasteiger partial charge >= 0.3 is 0 Å². The van der Waals surface area contributed by atoms with Crippen molar-refractivity contribution in [2.45, 2.75) is 0 Å². The predicted molar refractivity (Wildman–Crippen MR) is 70.9 cm³/mol. The molecule has 0 fully saturated rings. The Kier molecular flexibility index (Phi) is 2.87. The van der Waals surface area contributed by atoms with E-state index < -0.39 is 5.82 Å². The smallest absolute Gasteiger partial charge is 0.183 e. The van der Waals surface area contributed by atoms with Crippen LogP contribution >= 0.6 is 11.6 Å². The van der Waals surface area contributed by atoms with Crippen molar-refractivity contribution in [3.05, 3.63) is 41.6 Å². The zero-order chi connectivity index (χ0) is 13.4. The number of nitrogens with zero attached hydrogens (tertiary/aromatic N) is 4. The average Bonchev–Trinajstić information content (AvgIpc) is 2.41. The SMILES string of the molecule is [B]c1ccc(F)c(-c2nc(Cl)c3nccnc3n2)c1. The monoisotopic (exact) mass is 270 g/mol. The van der Waals surface area contributed by atoms with Gasteiger partial charge in [-0.1, -0.05) is 29.2 Å². The highest BCUT2D eigenvalue weighted by Gasteiger charge is 2.12. The van der Waals surface area contributed by atoms with Crippen LogP contribution in [0.15, 0.2) is 30.6 Å². The Balaban J connectivity index is 2.28. The van der Waals surface area contributed by atoms with Gasteiger partial charge < -0.3 is 0 Å². The Morgan fingerprint density at radius 1 is 1.11 bits per heavy atom. The van der Waals surface area contributed by atoms with Crippen molar-refractivity contribution in [3.8, 4) is 11.4 Å². The maximum Gasteiger partial charge on any atom is 0.183 e. The Hall–Kier alpha value is -2.08. The fourth-order valence-electron chi connectivity index (χ4n) is 1.66. The zero-order valence-electron chi connectivity index (χ0n) is 9.51. The molecular weight excluding hydrogens is 265 g/mol. The second-order valence-corrected chi connectivity index (χ2v) is 4.16. The minimum absolute atomic E-state index is 0.120. The number of halogens is 2. The Bertz CT molecular complexity index is 781. The summed E-state index contributed by atoms with van der Waals surface area (Å²) in [6.45, 7) is 0. The van der Waals surface area contributed by atoms with Gasteiger partial charge in [-0.2, -0.15) is 0 Å². The first-order valence-electron chi connectivity index (χ1n) is 5.35. The zero-order valence-corrected chi connectivity index (χ0v) is 10.3. The summed E-state index contributed by atoms with van der Waals surface area (Å²) < 4.78 is 13.8. The van der Waals surface area contributed by atoms with E-state index in [4.69, 9.17) is 19.4 Å². The molecule has 19 heavy (non-hydrogen) atoms. The molecular formula is C12H5BClFN4. The molecule has 90 valence electrons. The summed E-state index contributed by atoms with van der Waals surface area (Å²) in [5.41, 5.74) is 1.27. The van der Waals surface area contributed by atoms with E-state index in [-0.39, 0.29) is 16.5 Å². The summed E-state index contributed by atoms with van der Waals surface area (Å²) in [5, 5.41) is 0.120. The summed E-state index contributed by atoms with van der Waals surface area (Å²) in [6.07, 6.45) is 2.96. The lowest BCUT2D eigenvalue weighted by molar-refractivity contribution is 0.630. The fraction of sp³-hybridized carbons (Fsp3) is 0. The van der Waals surface area contributed by atoms with E-state index >= 15 is 0 Å². The molecule has 2 radical (unpaired) electrons. The highest BCUT2D eigenvalue weighted by atomic mass is 35.5. The highest BCUT2D eigenvalue weighted by molar-refractivity contribution is 6.33. The first-order chi connectivity index (χ1) is 9.15. The van der Waals surface area contributed by atoms with Crippen molar-refractivity contribution < 1.29 is 4.39 Å². The van der Waals surface area contributed by atoms with Crippen LogP contribution in [0.2, 0.25) is 5.15 Å². The minimum Gasteiger partial charge on any atom is -0.248 e. The van der Waals surface area contributed by atoms with Crippen LogP contribution in [0, 0.1) is 5.82 Å². The van der Waals surface area contributed by atoms with Crippen molar-refractivity contribution in [2.75, 3.05) is 0 Å². The molecule has 7 heteroatoms. The first-order valence-corrected chi connectivity index (χ1v) is 5.72. The third-order valence-electron chi connectivity index (χ3n) is 2.52. The van der Waals surface area contributed by atoms with Gasteiger partial charge in [-0.15, -0.1) is 0 Å². The lowest BCUT2D eigenvalue weighted by atomic mass is 9.94. The van der Waals surface area contributed by atoms with Gasteiger partial charge in [-0.25, -0.2) is 24.3 Å². The van der Waals surface area contributed by atoms with Gasteiger partial charge in [0.1, 0.15) is 19.2 Å². The lowest BCUT2D eigenvalue weighted by Gasteiger charge is -2.05. The minimum atomic E-state index is -0.478. The summed E-state index contributed by atoms with van der Waals surface area (Å²) in [6, 6.07) is 4.16. The predicted octanol–water partition coefficient (Wildman–Crippen LogP) is 1.67. The van der Waals surface area contributed by atoms with E-state index in [1.54, 1.807) is 0 Å². The van der Waals surface area contributed by atoms with Crippen LogP contribution in [-0.2, 0) is 0 Å². The number of rotatable bonds is 1. The second-order valence-electron chi connectivity index (χ2n) is 3.81. The van der Waals surface area contributed by atoms with Crippen LogP contribution < -0.4 is 5.46 Å². The molecule has 0 spiro atoms. The Labute approximate surface area is 114 Å². The maximum atomic E-state index is 13.8. The van der Waals surface area contributed by atoms with Gasteiger partial charge in [-0.05, 0) is 6.07 Å². The summed E-state index contributed by atoms with van der Waals surface area (Å²) in [7, 11) is 5.63. The number of aromatic nitrogens is 4. The van der Waals surface area contributed by atoms with Gasteiger partial charge in [0.15, 0.2) is 16.6 Å². The third kappa shape index (κ3) is 2.15. The van der Waals surface area contributed by atoms with Crippen molar-refractivity contribution >= 4 is 36.1 Å². The van der Waals surface area contributed by atoms with Crippen molar-refractivity contribution in [1.82, 2.24) is 19.9 Å². The van der Waals surface area contributed by atoms with E-state index in [9.17, 15) is 4.39 Å². The highest BCUT2D eigenvalue weighted by Crippen LogP contribution is 2.23. The molecule has 4 nitrogen and oxygen atoms in total. The molecule has 0 saturated heterocycles. The molecule has 2 aromatic heterocycles. The van der Waals surface area contributed by atoms with Crippen LogP contribution in [-0.4, -0.2) is 27.8 Å². The van der Waals surface area contributed by atoms with Crippen molar-refractivity contribution in [1.29, 1.82) is 0 Å². The first kappa shape index (κ1) is 12.0. The molecule has 0 N–H and O–H groups in total.